The van der Waals surface area contributed by atoms with Gasteiger partial charge in [0.1, 0.15) is 0 Å². The predicted molar refractivity (Wildman–Crippen MR) is 204 cm³/mol. The number of benzene rings is 2. The van der Waals surface area contributed by atoms with Crippen molar-refractivity contribution in [3.05, 3.63) is 65.3 Å². The van der Waals surface area contributed by atoms with Gasteiger partial charge in [-0.3, -0.25) is 14.4 Å². The molecule has 5 rings (SSSR count). The van der Waals surface area contributed by atoms with Crippen LogP contribution in [0.15, 0.2) is 48.6 Å². The van der Waals surface area contributed by atoms with Crippen LogP contribution in [0.2, 0.25) is 18.1 Å². The lowest BCUT2D eigenvalue weighted by atomic mass is 9.99. The molecule has 2 N–H and O–H groups in total. The summed E-state index contributed by atoms with van der Waals surface area (Å²) in [6.45, 7) is 21.3. The molecule has 3 aliphatic rings. The smallest absolute Gasteiger partial charge is 0.256 e. The van der Waals surface area contributed by atoms with Crippen LogP contribution in [0, 0.1) is 0 Å². The van der Waals surface area contributed by atoms with E-state index in [0.717, 1.165) is 30.4 Å². The molecule has 52 heavy (non-hydrogen) atoms. The third kappa shape index (κ3) is 8.33. The molecule has 12 heteroatoms. The molecule has 0 radical (unpaired) electrons. The minimum absolute atomic E-state index is 0.00983. The van der Waals surface area contributed by atoms with E-state index in [9.17, 15) is 14.4 Å². The summed E-state index contributed by atoms with van der Waals surface area (Å²) < 4.78 is 29.8. The number of fused-ring (bicyclic) bond motifs is 2. The molecule has 0 aromatic heterocycles. The van der Waals surface area contributed by atoms with Crippen LogP contribution in [-0.4, -0.2) is 94.9 Å². The monoisotopic (exact) mass is 733 g/mol. The second-order valence-electron chi connectivity index (χ2n) is 15.7. The van der Waals surface area contributed by atoms with Crippen molar-refractivity contribution in [1.29, 1.82) is 0 Å². The van der Waals surface area contributed by atoms with Crippen LogP contribution in [0.1, 0.15) is 79.2 Å². The van der Waals surface area contributed by atoms with Crippen LogP contribution in [0.4, 0.5) is 5.69 Å². The molecular formula is C40H55N3O8Si. The Balaban J connectivity index is 1.13. The Labute approximate surface area is 309 Å². The van der Waals surface area contributed by atoms with E-state index in [1.54, 1.807) is 36.3 Å². The molecule has 2 atom stereocenters. The second kappa shape index (κ2) is 15.8. The number of ketones is 1. The Hall–Kier alpha value is -4.29. The van der Waals surface area contributed by atoms with Crippen LogP contribution < -0.4 is 24.7 Å². The van der Waals surface area contributed by atoms with Crippen LogP contribution in [0.5, 0.6) is 23.0 Å². The number of hydrogen-bond acceptors (Lipinski definition) is 9. The first kappa shape index (κ1) is 38.9. The molecule has 2 fully saturated rings. The van der Waals surface area contributed by atoms with E-state index in [-0.39, 0.29) is 35.1 Å². The number of nitrogen functional groups attached to an aromatic ring is 1. The first-order chi connectivity index (χ1) is 24.5. The summed E-state index contributed by atoms with van der Waals surface area (Å²) in [5.74, 6) is 1.52. The second-order valence-corrected chi connectivity index (χ2v) is 20.5. The summed E-state index contributed by atoms with van der Waals surface area (Å²) in [4.78, 5) is 43.5. The largest absolute Gasteiger partial charge is 0.493 e. The summed E-state index contributed by atoms with van der Waals surface area (Å²) >= 11 is 0. The lowest BCUT2D eigenvalue weighted by molar-refractivity contribution is -0.121. The maximum Gasteiger partial charge on any atom is 0.256 e. The van der Waals surface area contributed by atoms with E-state index in [1.807, 2.05) is 4.90 Å². The summed E-state index contributed by atoms with van der Waals surface area (Å²) in [7, 11) is 1.08. The number of carbonyl (C=O) groups excluding carboxylic acids is 3. The molecule has 2 aromatic rings. The number of unbranched alkanes of at least 4 members (excludes halogenated alkanes) is 2. The maximum atomic E-state index is 13.8. The molecule has 2 saturated heterocycles. The predicted octanol–water partition coefficient (Wildman–Crippen LogP) is 6.60. The highest BCUT2D eigenvalue weighted by molar-refractivity contribution is 6.74. The van der Waals surface area contributed by atoms with E-state index in [0.29, 0.717) is 91.1 Å². The Morgan fingerprint density at radius 1 is 0.885 bits per heavy atom. The highest BCUT2D eigenvalue weighted by Gasteiger charge is 2.41. The van der Waals surface area contributed by atoms with E-state index in [1.165, 1.54) is 7.11 Å². The van der Waals surface area contributed by atoms with Crippen molar-refractivity contribution < 1.29 is 37.8 Å². The fourth-order valence-corrected chi connectivity index (χ4v) is 7.74. The average Bonchev–Trinajstić information content (AvgIpc) is 3.65. The summed E-state index contributed by atoms with van der Waals surface area (Å²) in [6.07, 6.45) is 3.67. The molecule has 0 aliphatic carbocycles. The third-order valence-corrected chi connectivity index (χ3v) is 15.3. The molecule has 3 aliphatic heterocycles. The highest BCUT2D eigenvalue weighted by atomic mass is 28.4. The van der Waals surface area contributed by atoms with Crippen LogP contribution in [0.25, 0.3) is 0 Å². The highest BCUT2D eigenvalue weighted by Crippen LogP contribution is 2.39. The van der Waals surface area contributed by atoms with Crippen molar-refractivity contribution >= 4 is 31.6 Å². The maximum absolute atomic E-state index is 13.8. The van der Waals surface area contributed by atoms with Gasteiger partial charge in [0, 0.05) is 36.8 Å². The number of ether oxygens (including phenoxy) is 4. The number of amides is 2. The van der Waals surface area contributed by atoms with Gasteiger partial charge in [-0.05, 0) is 74.0 Å². The number of nitrogens with zero attached hydrogens (tertiary/aromatic N) is 2. The van der Waals surface area contributed by atoms with Gasteiger partial charge in [0.25, 0.3) is 11.8 Å². The standard InChI is InChI=1S/C40H55N3O8Si/c1-25-15-28(24-51-52(8,9)40(3,4)5)42(22-25)39(46)30-20-35(48-7)37(21-31(30)41)50-14-12-10-11-13-49-36-18-27-17-33(44)32-16-26(2)23-43(32)38(45)29(27)19-34(36)47-6/h18-21,28,32H,1-2,10-17,22-24,41H2,3-9H3/t28-,32-/m0/s1. The van der Waals surface area contributed by atoms with Gasteiger partial charge < -0.3 is 38.9 Å². The summed E-state index contributed by atoms with van der Waals surface area (Å²) in [6, 6.07) is 6.19. The van der Waals surface area contributed by atoms with Gasteiger partial charge in [-0.15, -0.1) is 0 Å². The van der Waals surface area contributed by atoms with Crippen LogP contribution in [0.3, 0.4) is 0 Å². The van der Waals surface area contributed by atoms with Crippen molar-refractivity contribution in [3.63, 3.8) is 0 Å². The van der Waals surface area contributed by atoms with Crippen molar-refractivity contribution in [2.75, 3.05) is 52.9 Å². The molecule has 282 valence electrons. The van der Waals surface area contributed by atoms with Crippen molar-refractivity contribution in [2.45, 2.75) is 89.5 Å². The van der Waals surface area contributed by atoms with Gasteiger partial charge in [-0.1, -0.05) is 45.1 Å². The van der Waals surface area contributed by atoms with Gasteiger partial charge in [0.2, 0.25) is 0 Å². The Bertz CT molecular complexity index is 1730. The molecule has 3 heterocycles. The van der Waals surface area contributed by atoms with Crippen molar-refractivity contribution in [1.82, 2.24) is 9.80 Å². The van der Waals surface area contributed by atoms with Gasteiger partial charge in [-0.2, -0.15) is 0 Å². The molecule has 0 spiro atoms. The molecule has 0 unspecified atom stereocenters. The first-order valence-electron chi connectivity index (χ1n) is 18.1. The lowest BCUT2D eigenvalue weighted by Gasteiger charge is -2.38. The SMILES string of the molecule is C=C1C[C@@H](CO[Si](C)(C)C(C)(C)C)N(C(=O)c2cc(OC)c(OCCCCCOc3cc4c(cc3OC)C(=O)N3CC(=C)C[C@H]3C(=O)C4)cc2N)C1. The number of nitrogens with two attached hydrogens (primary N) is 1. The topological polar surface area (TPSA) is 130 Å². The lowest BCUT2D eigenvalue weighted by Crippen LogP contribution is -2.46. The minimum atomic E-state index is -2.00. The molecule has 0 bridgehead atoms. The van der Waals surface area contributed by atoms with Crippen LogP contribution in [-0.2, 0) is 15.6 Å². The van der Waals surface area contributed by atoms with E-state index in [2.05, 4.69) is 47.0 Å². The number of likely N-dealkylation sites (tertiary alicyclic amines) is 1. The van der Waals surface area contributed by atoms with Gasteiger partial charge in [0.15, 0.2) is 37.1 Å². The number of carbonyl (C=O) groups is 3. The first-order valence-corrected chi connectivity index (χ1v) is 21.0. The number of Topliss-reactive ketones (excluding diaryl/α,β-unsaturated/α-hetero) is 1. The quantitative estimate of drug-likeness (QED) is 0.0988. The van der Waals surface area contributed by atoms with E-state index >= 15 is 0 Å². The molecule has 2 amide bonds. The fraction of sp³-hybridized carbons (Fsp3) is 0.525. The van der Waals surface area contributed by atoms with Crippen LogP contribution >= 0.6 is 0 Å². The van der Waals surface area contributed by atoms with E-state index < -0.39 is 14.4 Å². The number of rotatable bonds is 14. The average molecular weight is 734 g/mol. The zero-order valence-corrected chi connectivity index (χ0v) is 32.9. The zero-order valence-electron chi connectivity index (χ0n) is 31.9. The minimum Gasteiger partial charge on any atom is -0.493 e. The number of methoxy groups -OCH3 is 2. The number of anilines is 1. The summed E-state index contributed by atoms with van der Waals surface area (Å²) in [5, 5.41) is 0.0665. The molecule has 0 saturated carbocycles. The third-order valence-electron chi connectivity index (χ3n) is 10.8. The molecule has 2 aromatic carbocycles. The fourth-order valence-electron chi connectivity index (χ4n) is 6.70. The van der Waals surface area contributed by atoms with Gasteiger partial charge in [0.05, 0.1) is 51.7 Å². The summed E-state index contributed by atoms with van der Waals surface area (Å²) in [5.41, 5.74) is 10.1. The van der Waals surface area contributed by atoms with E-state index in [4.69, 9.17) is 29.1 Å². The Morgan fingerprint density at radius 3 is 2.13 bits per heavy atom. The zero-order chi connectivity index (χ0) is 38.0. The Kier molecular flexibility index (Phi) is 11.8. The Morgan fingerprint density at radius 2 is 1.50 bits per heavy atom. The number of hydrogen-bond donors (Lipinski definition) is 1. The normalized spacial score (nSPS) is 19.1. The van der Waals surface area contributed by atoms with Gasteiger partial charge >= 0.3 is 0 Å². The van der Waals surface area contributed by atoms with Crippen molar-refractivity contribution in [3.8, 4) is 23.0 Å². The van der Waals surface area contributed by atoms with Crippen molar-refractivity contribution in [2.24, 2.45) is 0 Å². The van der Waals surface area contributed by atoms with Gasteiger partial charge in [-0.25, -0.2) is 0 Å². The molecule has 11 nitrogen and oxygen atoms in total. The molecular weight excluding hydrogens is 679 g/mol.